The van der Waals surface area contributed by atoms with Crippen molar-refractivity contribution in [3.63, 3.8) is 0 Å². The third kappa shape index (κ3) is 4.99. The fourth-order valence-electron chi connectivity index (χ4n) is 3.88. The van der Waals surface area contributed by atoms with Crippen molar-refractivity contribution in [2.75, 3.05) is 5.32 Å². The van der Waals surface area contributed by atoms with E-state index < -0.39 is 18.0 Å². The summed E-state index contributed by atoms with van der Waals surface area (Å²) in [4.78, 5) is 17.0. The van der Waals surface area contributed by atoms with Crippen LogP contribution >= 0.6 is 0 Å². The number of nitrogens with one attached hydrogen (secondary N) is 1. The minimum Gasteiger partial charge on any atom is -0.406 e. The number of hydrogen-bond acceptors (Lipinski definition) is 5. The topological polar surface area (TPSA) is 97.2 Å². The molecule has 0 radical (unpaired) electrons. The molecule has 0 atom stereocenters. The Labute approximate surface area is 208 Å². The van der Waals surface area contributed by atoms with Crippen molar-refractivity contribution in [3.05, 3.63) is 96.1 Å². The van der Waals surface area contributed by atoms with E-state index in [2.05, 4.69) is 20.1 Å². The number of hydrogen-bond donors (Lipinski definition) is 1. The number of anilines is 1. The first-order chi connectivity index (χ1) is 17.7. The molecule has 5 rings (SSSR count). The number of nitrogens with zero attached hydrogens (tertiary/aromatic N) is 5. The second-order valence-corrected chi connectivity index (χ2v) is 8.10. The maximum atomic E-state index is 12.9. The Balaban J connectivity index is 1.45. The van der Waals surface area contributed by atoms with E-state index in [4.69, 9.17) is 5.26 Å². The summed E-state index contributed by atoms with van der Waals surface area (Å²) in [5.41, 5.74) is 4.17. The highest BCUT2D eigenvalue weighted by atomic mass is 19.4. The van der Waals surface area contributed by atoms with E-state index in [9.17, 15) is 18.0 Å². The number of fused-ring (bicyclic) bond motifs is 1. The van der Waals surface area contributed by atoms with Gasteiger partial charge < -0.3 is 10.1 Å². The summed E-state index contributed by atoms with van der Waals surface area (Å²) in [5.74, 6) is -1.35. The van der Waals surface area contributed by atoms with E-state index in [-0.39, 0.29) is 11.1 Å². The molecule has 5 aromatic rings. The Morgan fingerprint density at radius 1 is 1.11 bits per heavy atom. The molecule has 1 amide bonds. The van der Waals surface area contributed by atoms with Crippen molar-refractivity contribution >= 4 is 17.2 Å². The van der Waals surface area contributed by atoms with Crippen LogP contribution in [0.4, 0.5) is 18.9 Å². The quantitative estimate of drug-likeness (QED) is 0.341. The Morgan fingerprint density at radius 2 is 1.95 bits per heavy atom. The largest absolute Gasteiger partial charge is 0.573 e. The molecule has 0 spiro atoms. The lowest BCUT2D eigenvalue weighted by atomic mass is 10.1. The number of nitriles is 1. The molecule has 1 N–H and O–H groups in total. The standard InChI is InChI=1S/C26H17F3N6O2/c1-16-4-5-20(32-25(36)19-9-17(14-30)10-21(11-19)37-26(27,28)29)12-23(16)34-7-8-35-24(34)13-22(33-35)18-3-2-6-31-15-18/h2-13,15H,1H3,(H,32,36). The lowest BCUT2D eigenvalue weighted by molar-refractivity contribution is -0.274. The monoisotopic (exact) mass is 502 g/mol. The molecule has 37 heavy (non-hydrogen) atoms. The van der Waals surface area contributed by atoms with Gasteiger partial charge in [0.2, 0.25) is 0 Å². The van der Waals surface area contributed by atoms with E-state index in [1.807, 2.05) is 42.0 Å². The van der Waals surface area contributed by atoms with Crippen LogP contribution in [0.1, 0.15) is 21.5 Å². The molecule has 2 aromatic carbocycles. The van der Waals surface area contributed by atoms with Gasteiger partial charge in [-0.2, -0.15) is 10.4 Å². The van der Waals surface area contributed by atoms with Gasteiger partial charge >= 0.3 is 6.36 Å². The van der Waals surface area contributed by atoms with Gasteiger partial charge in [-0.15, -0.1) is 13.2 Å². The van der Waals surface area contributed by atoms with Crippen LogP contribution in [0.5, 0.6) is 5.75 Å². The average molecular weight is 502 g/mol. The number of aryl methyl sites for hydroxylation is 1. The average Bonchev–Trinajstić information content (AvgIpc) is 3.46. The van der Waals surface area contributed by atoms with Gasteiger partial charge in [-0.3, -0.25) is 14.3 Å². The smallest absolute Gasteiger partial charge is 0.406 e. The van der Waals surface area contributed by atoms with Crippen LogP contribution in [0.25, 0.3) is 22.6 Å². The van der Waals surface area contributed by atoms with Crippen molar-refractivity contribution < 1.29 is 22.7 Å². The highest BCUT2D eigenvalue weighted by Gasteiger charge is 2.31. The summed E-state index contributed by atoms with van der Waals surface area (Å²) < 4.78 is 45.5. The molecule has 184 valence electrons. The zero-order chi connectivity index (χ0) is 26.2. The van der Waals surface area contributed by atoms with Crippen LogP contribution in [-0.4, -0.2) is 31.4 Å². The van der Waals surface area contributed by atoms with E-state index in [0.29, 0.717) is 5.69 Å². The molecule has 0 unspecified atom stereocenters. The summed E-state index contributed by atoms with van der Waals surface area (Å²) in [6, 6.07) is 15.6. The van der Waals surface area contributed by atoms with Gasteiger partial charge in [-0.25, -0.2) is 4.52 Å². The summed E-state index contributed by atoms with van der Waals surface area (Å²) in [5, 5.41) is 16.4. The van der Waals surface area contributed by atoms with E-state index in [1.54, 1.807) is 41.3 Å². The molecule has 0 aliphatic heterocycles. The molecule has 0 bridgehead atoms. The van der Waals surface area contributed by atoms with E-state index >= 15 is 0 Å². The maximum absolute atomic E-state index is 12.9. The molecule has 3 heterocycles. The molecule has 0 fully saturated rings. The zero-order valence-electron chi connectivity index (χ0n) is 19.2. The first-order valence-electron chi connectivity index (χ1n) is 10.9. The number of pyridine rings is 1. The van der Waals surface area contributed by atoms with Crippen molar-refractivity contribution in [1.82, 2.24) is 19.2 Å². The number of alkyl halides is 3. The maximum Gasteiger partial charge on any atom is 0.573 e. The molecule has 0 aliphatic rings. The minimum absolute atomic E-state index is 0.142. The van der Waals surface area contributed by atoms with Gasteiger partial charge in [-0.1, -0.05) is 6.07 Å². The number of benzene rings is 2. The summed E-state index contributed by atoms with van der Waals surface area (Å²) >= 11 is 0. The van der Waals surface area contributed by atoms with Crippen LogP contribution in [0.3, 0.4) is 0 Å². The van der Waals surface area contributed by atoms with E-state index in [0.717, 1.165) is 40.3 Å². The van der Waals surface area contributed by atoms with Crippen LogP contribution in [0.2, 0.25) is 0 Å². The Hall–Kier alpha value is -5.11. The SMILES string of the molecule is Cc1ccc(NC(=O)c2cc(C#N)cc(OC(F)(F)F)c2)cc1-n1ccn2nc(-c3cccnc3)cc12. The number of ether oxygens (including phenoxy) is 1. The summed E-state index contributed by atoms with van der Waals surface area (Å²) in [6.45, 7) is 1.91. The predicted molar refractivity (Wildman–Crippen MR) is 128 cm³/mol. The number of aromatic nitrogens is 4. The van der Waals surface area contributed by atoms with Crippen LogP contribution in [0.15, 0.2) is 79.4 Å². The molecular weight excluding hydrogens is 485 g/mol. The van der Waals surface area contributed by atoms with Gasteiger partial charge in [0.05, 0.1) is 23.0 Å². The fraction of sp³-hybridized carbons (Fsp3) is 0.0769. The summed E-state index contributed by atoms with van der Waals surface area (Å²) in [6.07, 6.45) is 2.08. The predicted octanol–water partition coefficient (Wildman–Crippen LogP) is 5.52. The molecule has 0 saturated carbocycles. The number of rotatable bonds is 5. The molecular formula is C26H17F3N6O2. The van der Waals surface area contributed by atoms with Crippen LogP contribution in [0, 0.1) is 18.3 Å². The summed E-state index contributed by atoms with van der Waals surface area (Å²) in [7, 11) is 0. The van der Waals surface area contributed by atoms with E-state index in [1.165, 1.54) is 6.07 Å². The van der Waals surface area contributed by atoms with Gasteiger partial charge in [0.25, 0.3) is 5.91 Å². The van der Waals surface area contributed by atoms with Crippen molar-refractivity contribution in [3.8, 4) is 28.8 Å². The molecule has 11 heteroatoms. The molecule has 8 nitrogen and oxygen atoms in total. The lowest BCUT2D eigenvalue weighted by Crippen LogP contribution is -2.18. The molecule has 0 saturated heterocycles. The third-order valence-electron chi connectivity index (χ3n) is 5.54. The minimum atomic E-state index is -4.96. The number of amides is 1. The second-order valence-electron chi connectivity index (χ2n) is 8.10. The lowest BCUT2D eigenvalue weighted by Gasteiger charge is -2.13. The van der Waals surface area contributed by atoms with Crippen molar-refractivity contribution in [1.29, 1.82) is 5.26 Å². The van der Waals surface area contributed by atoms with Crippen LogP contribution in [-0.2, 0) is 0 Å². The first-order valence-corrected chi connectivity index (χ1v) is 10.9. The van der Waals surface area contributed by atoms with Gasteiger partial charge in [0.15, 0.2) is 0 Å². The van der Waals surface area contributed by atoms with Crippen molar-refractivity contribution in [2.45, 2.75) is 13.3 Å². The van der Waals surface area contributed by atoms with Gasteiger partial charge in [-0.05, 0) is 55.0 Å². The fourth-order valence-corrected chi connectivity index (χ4v) is 3.88. The first kappa shape index (κ1) is 23.6. The van der Waals surface area contributed by atoms with Gasteiger partial charge in [0, 0.05) is 47.7 Å². The Bertz CT molecular complexity index is 1670. The number of halogens is 3. The normalized spacial score (nSPS) is 11.3. The Morgan fingerprint density at radius 3 is 2.68 bits per heavy atom. The van der Waals surface area contributed by atoms with Gasteiger partial charge in [0.1, 0.15) is 11.4 Å². The Kier molecular flexibility index (Phi) is 5.85. The van der Waals surface area contributed by atoms with Crippen molar-refractivity contribution in [2.24, 2.45) is 0 Å². The van der Waals surface area contributed by atoms with Crippen LogP contribution < -0.4 is 10.1 Å². The second kappa shape index (κ2) is 9.16. The molecule has 3 aromatic heterocycles. The number of imidazole rings is 1. The number of carbonyl (C=O) groups excluding carboxylic acids is 1. The third-order valence-corrected chi connectivity index (χ3v) is 5.54. The molecule has 0 aliphatic carbocycles. The number of carbonyl (C=O) groups is 1. The highest BCUT2D eigenvalue weighted by molar-refractivity contribution is 6.05. The zero-order valence-corrected chi connectivity index (χ0v) is 19.2. The highest BCUT2D eigenvalue weighted by Crippen LogP contribution is 2.27.